The Morgan fingerprint density at radius 3 is 2.72 bits per heavy atom. The summed E-state index contributed by atoms with van der Waals surface area (Å²) in [5.41, 5.74) is 1.25. The predicted octanol–water partition coefficient (Wildman–Crippen LogP) is 2.11. The average molecular weight is 253 g/mol. The number of hydrogen-bond acceptors (Lipinski definition) is 5. The molecule has 0 amide bonds. The zero-order chi connectivity index (χ0) is 13.5. The molecule has 1 rings (SSSR count). The molecule has 6 nitrogen and oxygen atoms in total. The van der Waals surface area contributed by atoms with Crippen molar-refractivity contribution in [1.29, 1.82) is 0 Å². The number of benzene rings is 1. The van der Waals surface area contributed by atoms with E-state index in [0.717, 1.165) is 0 Å². The maximum Gasteiger partial charge on any atom is 0.315 e. The molecule has 0 saturated carbocycles. The van der Waals surface area contributed by atoms with Crippen molar-refractivity contribution in [3.8, 4) is 0 Å². The molecule has 0 aliphatic carbocycles. The molecule has 100 valence electrons. The fraction of sp³-hybridized carbons (Fsp3) is 0.500. The third kappa shape index (κ3) is 3.10. The molecular weight excluding hydrogens is 234 g/mol. The number of nitro groups is 1. The minimum absolute atomic E-state index is 0.109. The van der Waals surface area contributed by atoms with Gasteiger partial charge in [0.25, 0.3) is 0 Å². The summed E-state index contributed by atoms with van der Waals surface area (Å²) in [4.78, 5) is 12.8. The van der Waals surface area contributed by atoms with Gasteiger partial charge in [0.1, 0.15) is 11.4 Å². The number of nitrogens with one attached hydrogen (secondary N) is 1. The first kappa shape index (κ1) is 14.2. The fourth-order valence-electron chi connectivity index (χ4n) is 1.83. The first-order valence-corrected chi connectivity index (χ1v) is 5.84. The van der Waals surface area contributed by atoms with Crippen LogP contribution in [0.15, 0.2) is 18.2 Å². The van der Waals surface area contributed by atoms with Crippen molar-refractivity contribution in [2.75, 3.05) is 44.1 Å². The maximum atomic E-state index is 11.2. The van der Waals surface area contributed by atoms with Crippen LogP contribution in [0, 0.1) is 10.1 Å². The lowest BCUT2D eigenvalue weighted by Crippen LogP contribution is -2.27. The van der Waals surface area contributed by atoms with E-state index >= 15 is 0 Å². The smallest absolute Gasteiger partial charge is 0.315 e. The number of para-hydroxylation sites is 1. The zero-order valence-corrected chi connectivity index (χ0v) is 11.0. The lowest BCUT2D eigenvalue weighted by Gasteiger charge is -2.23. The van der Waals surface area contributed by atoms with Gasteiger partial charge in [0, 0.05) is 27.2 Å². The number of likely N-dealkylation sites (N-methyl/N-ethyl adjacent to an activating group) is 1. The quantitative estimate of drug-likeness (QED) is 0.595. The van der Waals surface area contributed by atoms with Crippen LogP contribution < -0.4 is 10.2 Å². The summed E-state index contributed by atoms with van der Waals surface area (Å²) in [6.07, 6.45) is 0. The molecule has 0 saturated heterocycles. The second-order valence-corrected chi connectivity index (χ2v) is 3.75. The summed E-state index contributed by atoms with van der Waals surface area (Å²) >= 11 is 0. The normalized spacial score (nSPS) is 10.2. The zero-order valence-electron chi connectivity index (χ0n) is 11.0. The predicted molar refractivity (Wildman–Crippen MR) is 72.4 cm³/mol. The highest BCUT2D eigenvalue weighted by atomic mass is 16.6. The molecule has 0 aliphatic heterocycles. The summed E-state index contributed by atoms with van der Waals surface area (Å²) in [6.45, 7) is 3.82. The molecule has 0 heterocycles. The highest BCUT2D eigenvalue weighted by Gasteiger charge is 2.22. The van der Waals surface area contributed by atoms with Crippen molar-refractivity contribution in [2.24, 2.45) is 0 Å². The molecule has 0 spiro atoms. The number of rotatable bonds is 7. The fourth-order valence-corrected chi connectivity index (χ4v) is 1.83. The van der Waals surface area contributed by atoms with E-state index in [-0.39, 0.29) is 10.6 Å². The third-order valence-electron chi connectivity index (χ3n) is 2.75. The standard InChI is InChI=1S/C12H19N3O3/c1-4-14(8-9-18-3)11-7-5-6-10(13-2)12(11)15(16)17/h5-7,13H,4,8-9H2,1-3H3. The number of methoxy groups -OCH3 is 1. The van der Waals surface area contributed by atoms with Crippen LogP contribution in [-0.2, 0) is 4.74 Å². The first-order chi connectivity index (χ1) is 8.65. The van der Waals surface area contributed by atoms with Crippen molar-refractivity contribution in [3.63, 3.8) is 0 Å². The van der Waals surface area contributed by atoms with Crippen LogP contribution in [-0.4, -0.2) is 38.8 Å². The highest BCUT2D eigenvalue weighted by Crippen LogP contribution is 2.34. The molecule has 0 bridgehead atoms. The van der Waals surface area contributed by atoms with Gasteiger partial charge in [0.2, 0.25) is 0 Å². The van der Waals surface area contributed by atoms with Crippen LogP contribution in [0.3, 0.4) is 0 Å². The minimum Gasteiger partial charge on any atom is -0.383 e. The third-order valence-corrected chi connectivity index (χ3v) is 2.75. The van der Waals surface area contributed by atoms with Crippen LogP contribution in [0.5, 0.6) is 0 Å². The van der Waals surface area contributed by atoms with Crippen molar-refractivity contribution >= 4 is 17.1 Å². The Hall–Kier alpha value is -1.82. The van der Waals surface area contributed by atoms with Gasteiger partial charge in [-0.3, -0.25) is 10.1 Å². The van der Waals surface area contributed by atoms with Gasteiger partial charge in [0.05, 0.1) is 11.5 Å². The molecule has 1 aromatic rings. The molecule has 0 aliphatic rings. The van der Waals surface area contributed by atoms with E-state index in [0.29, 0.717) is 31.1 Å². The van der Waals surface area contributed by atoms with Crippen LogP contribution in [0.1, 0.15) is 6.92 Å². The molecule has 0 fully saturated rings. The largest absolute Gasteiger partial charge is 0.383 e. The minimum atomic E-state index is -0.351. The molecule has 0 unspecified atom stereocenters. The van der Waals surface area contributed by atoms with Crippen LogP contribution >= 0.6 is 0 Å². The van der Waals surface area contributed by atoms with E-state index in [1.165, 1.54) is 0 Å². The molecule has 1 N–H and O–H groups in total. The Balaban J connectivity index is 3.16. The number of ether oxygens (including phenoxy) is 1. The van der Waals surface area contributed by atoms with Crippen LogP contribution in [0.25, 0.3) is 0 Å². The van der Waals surface area contributed by atoms with E-state index in [1.807, 2.05) is 17.9 Å². The molecule has 0 atom stereocenters. The van der Waals surface area contributed by atoms with Gasteiger partial charge in [0.15, 0.2) is 0 Å². The highest BCUT2D eigenvalue weighted by molar-refractivity contribution is 5.76. The molecule has 6 heteroatoms. The molecule has 0 aromatic heterocycles. The number of nitro benzene ring substituents is 1. The van der Waals surface area contributed by atoms with E-state index in [9.17, 15) is 10.1 Å². The average Bonchev–Trinajstić information content (AvgIpc) is 2.38. The van der Waals surface area contributed by atoms with Gasteiger partial charge in [-0.1, -0.05) is 6.07 Å². The second kappa shape index (κ2) is 6.80. The lowest BCUT2D eigenvalue weighted by molar-refractivity contribution is -0.383. The van der Waals surface area contributed by atoms with Gasteiger partial charge in [-0.2, -0.15) is 0 Å². The SMILES string of the molecule is CCN(CCOC)c1cccc(NC)c1[N+](=O)[O-]. The number of nitrogens with zero attached hydrogens (tertiary/aromatic N) is 2. The summed E-state index contributed by atoms with van der Waals surface area (Å²) in [5.74, 6) is 0. The second-order valence-electron chi connectivity index (χ2n) is 3.75. The van der Waals surface area contributed by atoms with Crippen molar-refractivity contribution in [3.05, 3.63) is 28.3 Å². The number of anilines is 2. The van der Waals surface area contributed by atoms with Gasteiger partial charge in [-0.25, -0.2) is 0 Å². The van der Waals surface area contributed by atoms with Gasteiger partial charge < -0.3 is 15.0 Å². The van der Waals surface area contributed by atoms with E-state index < -0.39 is 0 Å². The molecular formula is C12H19N3O3. The van der Waals surface area contributed by atoms with E-state index in [2.05, 4.69) is 5.32 Å². The summed E-state index contributed by atoms with van der Waals surface area (Å²) in [7, 11) is 3.30. The van der Waals surface area contributed by atoms with Crippen LogP contribution in [0.2, 0.25) is 0 Å². The summed E-state index contributed by atoms with van der Waals surface area (Å²) in [6, 6.07) is 5.27. The Morgan fingerprint density at radius 2 is 2.22 bits per heavy atom. The lowest BCUT2D eigenvalue weighted by atomic mass is 10.2. The Bertz CT molecular complexity index is 410. The maximum absolute atomic E-state index is 11.2. The Morgan fingerprint density at radius 1 is 1.50 bits per heavy atom. The summed E-state index contributed by atoms with van der Waals surface area (Å²) < 4.78 is 5.03. The van der Waals surface area contributed by atoms with Gasteiger partial charge >= 0.3 is 5.69 Å². The van der Waals surface area contributed by atoms with Crippen LogP contribution in [0.4, 0.5) is 17.1 Å². The monoisotopic (exact) mass is 253 g/mol. The molecule has 0 radical (unpaired) electrons. The van der Waals surface area contributed by atoms with Crippen molar-refractivity contribution in [2.45, 2.75) is 6.92 Å². The first-order valence-electron chi connectivity index (χ1n) is 5.84. The van der Waals surface area contributed by atoms with Gasteiger partial charge in [-0.15, -0.1) is 0 Å². The van der Waals surface area contributed by atoms with Crippen molar-refractivity contribution in [1.82, 2.24) is 0 Å². The van der Waals surface area contributed by atoms with E-state index in [1.54, 1.807) is 26.3 Å². The Labute approximate surface area is 107 Å². The summed E-state index contributed by atoms with van der Waals surface area (Å²) in [5, 5.41) is 14.1. The molecule has 1 aromatic carbocycles. The Kier molecular flexibility index (Phi) is 5.38. The van der Waals surface area contributed by atoms with Crippen molar-refractivity contribution < 1.29 is 9.66 Å². The number of hydrogen-bond donors (Lipinski definition) is 1. The van der Waals surface area contributed by atoms with E-state index in [4.69, 9.17) is 4.74 Å². The van der Waals surface area contributed by atoms with Gasteiger partial charge in [-0.05, 0) is 19.1 Å². The topological polar surface area (TPSA) is 67.6 Å². The molecule has 18 heavy (non-hydrogen) atoms.